The standard InChI is InChI=1S/C16H23N3O7S/c1-6-26-16(22)15(21)18-17-13(20)9-19(4)27(23,24)14-10(2)7-12(25-5)8-11(14)3/h7-8H,6,9H2,1-5H3,(H,17,20)(H,18,21). The van der Waals surface area contributed by atoms with E-state index < -0.39 is 34.4 Å². The highest BCUT2D eigenvalue weighted by Crippen LogP contribution is 2.27. The molecule has 0 aromatic heterocycles. The Morgan fingerprint density at radius 1 is 1.11 bits per heavy atom. The fourth-order valence-electron chi connectivity index (χ4n) is 2.29. The lowest BCUT2D eigenvalue weighted by Gasteiger charge is -2.20. The molecule has 0 radical (unpaired) electrons. The normalized spacial score (nSPS) is 11.0. The molecule has 150 valence electrons. The Morgan fingerprint density at radius 2 is 1.67 bits per heavy atom. The highest BCUT2D eigenvalue weighted by atomic mass is 32.2. The number of likely N-dealkylation sites (N-methyl/N-ethyl adjacent to an activating group) is 1. The zero-order chi connectivity index (χ0) is 20.8. The van der Waals surface area contributed by atoms with Crippen LogP contribution >= 0.6 is 0 Å². The summed E-state index contributed by atoms with van der Waals surface area (Å²) in [4.78, 5) is 34.4. The molecule has 27 heavy (non-hydrogen) atoms. The number of nitrogens with one attached hydrogen (secondary N) is 2. The van der Waals surface area contributed by atoms with Gasteiger partial charge in [-0.25, -0.2) is 13.2 Å². The largest absolute Gasteiger partial charge is 0.497 e. The van der Waals surface area contributed by atoms with Crippen LogP contribution in [0.25, 0.3) is 0 Å². The summed E-state index contributed by atoms with van der Waals surface area (Å²) in [5.41, 5.74) is 4.74. The Kier molecular flexibility index (Phi) is 7.73. The van der Waals surface area contributed by atoms with E-state index in [9.17, 15) is 22.8 Å². The molecule has 0 atom stereocenters. The van der Waals surface area contributed by atoms with Crippen LogP contribution in [0, 0.1) is 13.8 Å². The smallest absolute Gasteiger partial charge is 0.398 e. The van der Waals surface area contributed by atoms with E-state index in [0.29, 0.717) is 16.9 Å². The van der Waals surface area contributed by atoms with Gasteiger partial charge in [0.05, 0.1) is 25.2 Å². The average Bonchev–Trinajstić information content (AvgIpc) is 2.58. The minimum Gasteiger partial charge on any atom is -0.497 e. The minimum atomic E-state index is -3.97. The number of esters is 1. The molecule has 1 rings (SSSR count). The number of amides is 2. The predicted octanol–water partition coefficient (Wildman–Crippen LogP) is -0.357. The molecule has 0 aliphatic carbocycles. The number of hydrogen-bond donors (Lipinski definition) is 2. The number of benzene rings is 1. The number of carbonyl (C=O) groups is 3. The number of hydrazine groups is 1. The highest BCUT2D eigenvalue weighted by Gasteiger charge is 2.27. The fraction of sp³-hybridized carbons (Fsp3) is 0.438. The molecule has 0 bridgehead atoms. The molecule has 2 N–H and O–H groups in total. The Labute approximate surface area is 157 Å². The first-order valence-corrected chi connectivity index (χ1v) is 9.36. The van der Waals surface area contributed by atoms with Crippen LogP contribution in [0.4, 0.5) is 0 Å². The summed E-state index contributed by atoms with van der Waals surface area (Å²) in [6.45, 7) is 4.19. The summed E-state index contributed by atoms with van der Waals surface area (Å²) >= 11 is 0. The van der Waals surface area contributed by atoms with Gasteiger partial charge < -0.3 is 9.47 Å². The van der Waals surface area contributed by atoms with Gasteiger partial charge in [-0.05, 0) is 44.0 Å². The molecule has 0 fully saturated rings. The monoisotopic (exact) mass is 401 g/mol. The first-order chi connectivity index (χ1) is 12.5. The van der Waals surface area contributed by atoms with Crippen LogP contribution in [0.2, 0.25) is 0 Å². The van der Waals surface area contributed by atoms with E-state index in [1.807, 2.05) is 10.9 Å². The Balaban J connectivity index is 2.84. The molecule has 0 aliphatic heterocycles. The maximum absolute atomic E-state index is 12.8. The molecule has 11 heteroatoms. The van der Waals surface area contributed by atoms with Crippen molar-refractivity contribution in [2.75, 3.05) is 27.3 Å². The van der Waals surface area contributed by atoms with Crippen molar-refractivity contribution in [2.45, 2.75) is 25.7 Å². The van der Waals surface area contributed by atoms with Crippen molar-refractivity contribution in [3.8, 4) is 5.75 Å². The van der Waals surface area contributed by atoms with Crippen LogP contribution in [0.5, 0.6) is 5.75 Å². The van der Waals surface area contributed by atoms with Gasteiger partial charge >= 0.3 is 11.9 Å². The highest BCUT2D eigenvalue weighted by molar-refractivity contribution is 7.89. The SMILES string of the molecule is CCOC(=O)C(=O)NNC(=O)CN(C)S(=O)(=O)c1c(C)cc(OC)cc1C. The molecular weight excluding hydrogens is 378 g/mol. The maximum atomic E-state index is 12.8. The van der Waals surface area contributed by atoms with Crippen molar-refractivity contribution in [1.82, 2.24) is 15.2 Å². The second kappa shape index (κ2) is 9.33. The third-order valence-electron chi connectivity index (χ3n) is 3.48. The summed E-state index contributed by atoms with van der Waals surface area (Å²) in [7, 11) is -1.27. The van der Waals surface area contributed by atoms with Gasteiger partial charge in [-0.2, -0.15) is 4.31 Å². The van der Waals surface area contributed by atoms with E-state index in [-0.39, 0.29) is 11.5 Å². The Morgan fingerprint density at radius 3 is 2.15 bits per heavy atom. The van der Waals surface area contributed by atoms with E-state index >= 15 is 0 Å². The van der Waals surface area contributed by atoms with Gasteiger partial charge in [-0.1, -0.05) is 0 Å². The van der Waals surface area contributed by atoms with E-state index in [2.05, 4.69) is 4.74 Å². The van der Waals surface area contributed by atoms with Gasteiger partial charge in [0.25, 0.3) is 5.91 Å². The minimum absolute atomic E-state index is 0.00173. The molecule has 1 aromatic rings. The number of ether oxygens (including phenoxy) is 2. The zero-order valence-electron chi connectivity index (χ0n) is 15.8. The van der Waals surface area contributed by atoms with Crippen LogP contribution in [-0.4, -0.2) is 57.8 Å². The fourth-order valence-corrected chi connectivity index (χ4v) is 3.82. The van der Waals surface area contributed by atoms with Crippen LogP contribution in [-0.2, 0) is 29.1 Å². The molecule has 0 spiro atoms. The molecule has 0 saturated heterocycles. The summed E-state index contributed by atoms with van der Waals surface area (Å²) in [6.07, 6.45) is 0. The molecule has 10 nitrogen and oxygen atoms in total. The van der Waals surface area contributed by atoms with Crippen LogP contribution in [0.15, 0.2) is 17.0 Å². The van der Waals surface area contributed by atoms with Gasteiger partial charge in [-0.3, -0.25) is 20.4 Å². The van der Waals surface area contributed by atoms with Crippen LogP contribution in [0.3, 0.4) is 0 Å². The topological polar surface area (TPSA) is 131 Å². The van der Waals surface area contributed by atoms with Gasteiger partial charge in [0.1, 0.15) is 5.75 Å². The number of carbonyl (C=O) groups excluding carboxylic acids is 3. The molecule has 0 unspecified atom stereocenters. The molecule has 0 heterocycles. The van der Waals surface area contributed by atoms with Gasteiger partial charge in [0.15, 0.2) is 0 Å². The summed E-state index contributed by atoms with van der Waals surface area (Å²) in [6, 6.07) is 3.15. The lowest BCUT2D eigenvalue weighted by molar-refractivity contribution is -0.155. The van der Waals surface area contributed by atoms with Crippen molar-refractivity contribution in [1.29, 1.82) is 0 Å². The molecule has 0 aliphatic rings. The number of rotatable bonds is 6. The van der Waals surface area contributed by atoms with Crippen molar-refractivity contribution >= 4 is 27.8 Å². The van der Waals surface area contributed by atoms with Crippen molar-refractivity contribution in [2.24, 2.45) is 0 Å². The first kappa shape index (κ1) is 22.4. The third kappa shape index (κ3) is 5.66. The summed E-state index contributed by atoms with van der Waals surface area (Å²) in [5.74, 6) is -2.64. The number of sulfonamides is 1. The Bertz CT molecular complexity index is 813. The average molecular weight is 401 g/mol. The van der Waals surface area contributed by atoms with Crippen molar-refractivity contribution in [3.05, 3.63) is 23.3 Å². The summed E-state index contributed by atoms with van der Waals surface area (Å²) in [5, 5.41) is 0. The van der Waals surface area contributed by atoms with Crippen molar-refractivity contribution in [3.63, 3.8) is 0 Å². The molecular formula is C16H23N3O7S. The zero-order valence-corrected chi connectivity index (χ0v) is 16.6. The molecule has 2 amide bonds. The number of methoxy groups -OCH3 is 1. The molecule has 0 saturated carbocycles. The number of aryl methyl sites for hydroxylation is 2. The van der Waals surface area contributed by atoms with E-state index in [4.69, 9.17) is 4.74 Å². The Hall–Kier alpha value is -2.66. The first-order valence-electron chi connectivity index (χ1n) is 7.92. The predicted molar refractivity (Wildman–Crippen MR) is 95.2 cm³/mol. The second-order valence-corrected chi connectivity index (χ2v) is 7.56. The van der Waals surface area contributed by atoms with E-state index in [0.717, 1.165) is 4.31 Å². The summed E-state index contributed by atoms with van der Waals surface area (Å²) < 4.78 is 36.0. The van der Waals surface area contributed by atoms with Gasteiger partial charge in [-0.15, -0.1) is 0 Å². The molecule has 1 aromatic carbocycles. The van der Waals surface area contributed by atoms with Gasteiger partial charge in [0, 0.05) is 7.05 Å². The maximum Gasteiger partial charge on any atom is 0.398 e. The lowest BCUT2D eigenvalue weighted by atomic mass is 10.1. The van der Waals surface area contributed by atoms with E-state index in [1.165, 1.54) is 21.1 Å². The third-order valence-corrected chi connectivity index (χ3v) is 5.59. The number of nitrogens with zero attached hydrogens (tertiary/aromatic N) is 1. The van der Waals surface area contributed by atoms with E-state index in [1.54, 1.807) is 26.0 Å². The second-order valence-electron chi connectivity index (χ2n) is 5.57. The number of hydrogen-bond acceptors (Lipinski definition) is 7. The lowest BCUT2D eigenvalue weighted by Crippen LogP contribution is -2.49. The van der Waals surface area contributed by atoms with Gasteiger partial charge in [0.2, 0.25) is 10.0 Å². The van der Waals surface area contributed by atoms with Crippen molar-refractivity contribution < 1.29 is 32.3 Å². The van der Waals surface area contributed by atoms with Crippen LogP contribution < -0.4 is 15.6 Å². The van der Waals surface area contributed by atoms with Crippen LogP contribution in [0.1, 0.15) is 18.1 Å². The quantitative estimate of drug-likeness (QED) is 0.378.